The first-order valence-corrected chi connectivity index (χ1v) is 11.1. The predicted molar refractivity (Wildman–Crippen MR) is 112 cm³/mol. The predicted octanol–water partition coefficient (Wildman–Crippen LogP) is 4.35. The second kappa shape index (κ2) is 7.39. The number of carbonyl (C=O) groups excluding carboxylic acids is 1. The van der Waals surface area contributed by atoms with Crippen molar-refractivity contribution in [2.24, 2.45) is 5.92 Å². The highest BCUT2D eigenvalue weighted by Crippen LogP contribution is 2.34. The Kier molecular flexibility index (Phi) is 4.82. The average Bonchev–Trinajstić information content (AvgIpc) is 3.39. The molecule has 1 amide bonds. The molecule has 5 rings (SSSR count). The van der Waals surface area contributed by atoms with Crippen LogP contribution in [0.5, 0.6) is 0 Å². The van der Waals surface area contributed by atoms with Crippen molar-refractivity contribution in [3.05, 3.63) is 34.7 Å². The van der Waals surface area contributed by atoms with Crippen LogP contribution in [0.1, 0.15) is 36.1 Å². The van der Waals surface area contributed by atoms with E-state index < -0.39 is 5.92 Å². The Morgan fingerprint density at radius 3 is 2.80 bits per heavy atom. The maximum absolute atomic E-state index is 13.4. The van der Waals surface area contributed by atoms with Crippen LogP contribution in [0, 0.1) is 12.8 Å². The van der Waals surface area contributed by atoms with Crippen molar-refractivity contribution in [3.8, 4) is 10.6 Å². The van der Waals surface area contributed by atoms with Crippen LogP contribution in [-0.4, -0.2) is 44.4 Å². The Labute approximate surface area is 176 Å². The van der Waals surface area contributed by atoms with Gasteiger partial charge in [-0.15, -0.1) is 16.4 Å². The summed E-state index contributed by atoms with van der Waals surface area (Å²) in [6.07, 6.45) is 1.71. The molecule has 2 fully saturated rings. The van der Waals surface area contributed by atoms with Crippen LogP contribution in [-0.2, 0) is 11.3 Å². The maximum atomic E-state index is 13.4. The molecule has 0 spiro atoms. The molecule has 3 aromatic rings. The number of piperidine rings is 1. The van der Waals surface area contributed by atoms with Gasteiger partial charge < -0.3 is 0 Å². The summed E-state index contributed by atoms with van der Waals surface area (Å²) in [5.41, 5.74) is 2.72. The Hall–Kier alpha value is -2.39. The summed E-state index contributed by atoms with van der Waals surface area (Å²) in [4.78, 5) is 20.8. The van der Waals surface area contributed by atoms with Crippen LogP contribution in [0.25, 0.3) is 16.2 Å². The molecule has 4 heterocycles. The molecule has 3 aromatic heterocycles. The molecule has 1 N–H and O–H groups in total. The minimum absolute atomic E-state index is 0.0196. The van der Waals surface area contributed by atoms with Gasteiger partial charge in [0.05, 0.1) is 10.6 Å². The van der Waals surface area contributed by atoms with E-state index in [-0.39, 0.29) is 24.7 Å². The van der Waals surface area contributed by atoms with Crippen molar-refractivity contribution in [1.29, 1.82) is 0 Å². The molecule has 30 heavy (non-hydrogen) atoms. The fraction of sp³-hybridized carbons (Fsp3) is 0.476. The summed E-state index contributed by atoms with van der Waals surface area (Å²) in [6.45, 7) is 3.57. The van der Waals surface area contributed by atoms with Gasteiger partial charge in [-0.1, -0.05) is 6.07 Å². The molecule has 0 radical (unpaired) electrons. The quantitative estimate of drug-likeness (QED) is 0.653. The van der Waals surface area contributed by atoms with Crippen molar-refractivity contribution in [1.82, 2.24) is 19.5 Å². The van der Waals surface area contributed by atoms with Crippen molar-refractivity contribution in [2.45, 2.75) is 45.1 Å². The van der Waals surface area contributed by atoms with E-state index in [9.17, 15) is 13.6 Å². The van der Waals surface area contributed by atoms with Crippen LogP contribution in [0.3, 0.4) is 0 Å². The Morgan fingerprint density at radius 2 is 2.07 bits per heavy atom. The number of rotatable bonds is 5. The average molecular weight is 432 g/mol. The van der Waals surface area contributed by atoms with Crippen molar-refractivity contribution in [3.63, 3.8) is 0 Å². The lowest BCUT2D eigenvalue weighted by atomic mass is 10.1. The molecule has 0 atom stereocenters. The van der Waals surface area contributed by atoms with Gasteiger partial charge in [-0.3, -0.25) is 15.0 Å². The van der Waals surface area contributed by atoms with Gasteiger partial charge in [-0.05, 0) is 43.5 Å². The molecule has 6 nitrogen and oxygen atoms in total. The third-order valence-corrected chi connectivity index (χ3v) is 7.02. The summed E-state index contributed by atoms with van der Waals surface area (Å²) < 4.78 is 28.6. The molecule has 0 unspecified atom stereocenters. The third kappa shape index (κ3) is 3.96. The van der Waals surface area contributed by atoms with Crippen LogP contribution in [0.4, 0.5) is 14.7 Å². The van der Waals surface area contributed by atoms with E-state index in [0.29, 0.717) is 31.2 Å². The number of carbonyl (C=O) groups is 1. The van der Waals surface area contributed by atoms with E-state index in [1.54, 1.807) is 15.9 Å². The van der Waals surface area contributed by atoms with Crippen LogP contribution >= 0.6 is 11.3 Å². The zero-order valence-electron chi connectivity index (χ0n) is 16.7. The molecule has 0 bridgehead atoms. The maximum Gasteiger partial charge on any atom is 0.250 e. The van der Waals surface area contributed by atoms with Gasteiger partial charge in [0, 0.05) is 43.3 Å². The normalized spacial score (nSPS) is 19.3. The van der Waals surface area contributed by atoms with E-state index in [4.69, 9.17) is 0 Å². The first-order chi connectivity index (χ1) is 14.4. The second-order valence-corrected chi connectivity index (χ2v) is 9.37. The topological polar surface area (TPSA) is 62.5 Å². The summed E-state index contributed by atoms with van der Waals surface area (Å²) in [5, 5.41) is 7.30. The van der Waals surface area contributed by atoms with Gasteiger partial charge in [0.2, 0.25) is 11.9 Å². The van der Waals surface area contributed by atoms with Gasteiger partial charge in [-0.2, -0.15) is 4.98 Å². The smallest absolute Gasteiger partial charge is 0.250 e. The molecular weight excluding hydrogens is 408 g/mol. The number of hydrogen-bond acceptors (Lipinski definition) is 5. The van der Waals surface area contributed by atoms with Crippen LogP contribution < -0.4 is 5.32 Å². The lowest BCUT2D eigenvalue weighted by Crippen LogP contribution is -2.38. The molecule has 0 aromatic carbocycles. The molecule has 9 heteroatoms. The van der Waals surface area contributed by atoms with Gasteiger partial charge >= 0.3 is 0 Å². The molecule has 2 aliphatic rings. The summed E-state index contributed by atoms with van der Waals surface area (Å²) in [7, 11) is 0. The Bertz CT molecular complexity index is 1090. The summed E-state index contributed by atoms with van der Waals surface area (Å²) in [5.74, 6) is -2.13. The number of aromatic nitrogens is 3. The first kappa shape index (κ1) is 19.6. The van der Waals surface area contributed by atoms with Crippen molar-refractivity contribution in [2.75, 3.05) is 18.4 Å². The van der Waals surface area contributed by atoms with E-state index in [2.05, 4.69) is 33.3 Å². The molecule has 1 aliphatic carbocycles. The lowest BCUT2D eigenvalue weighted by molar-refractivity contribution is -0.117. The Morgan fingerprint density at radius 1 is 1.30 bits per heavy atom. The number of hydrogen-bond donors (Lipinski definition) is 1. The molecule has 1 saturated carbocycles. The monoisotopic (exact) mass is 431 g/mol. The largest absolute Gasteiger partial charge is 0.298 e. The van der Waals surface area contributed by atoms with Gasteiger partial charge in [0.15, 0.2) is 5.65 Å². The van der Waals surface area contributed by atoms with Crippen LogP contribution in [0.15, 0.2) is 24.3 Å². The van der Waals surface area contributed by atoms with E-state index >= 15 is 0 Å². The fourth-order valence-electron chi connectivity index (χ4n) is 3.75. The zero-order chi connectivity index (χ0) is 20.9. The highest BCUT2D eigenvalue weighted by atomic mass is 32.1. The van der Waals surface area contributed by atoms with E-state index in [1.807, 2.05) is 18.2 Å². The van der Waals surface area contributed by atoms with Gasteiger partial charge in [-0.25, -0.2) is 13.3 Å². The minimum Gasteiger partial charge on any atom is -0.298 e. The number of aryl methyl sites for hydroxylation is 1. The fourth-order valence-corrected chi connectivity index (χ4v) is 4.97. The molecule has 1 aliphatic heterocycles. The molecular formula is C21H23F2N5OS. The number of pyridine rings is 1. The highest BCUT2D eigenvalue weighted by Gasteiger charge is 2.34. The van der Waals surface area contributed by atoms with Crippen molar-refractivity contribution >= 4 is 28.8 Å². The zero-order valence-corrected chi connectivity index (χ0v) is 17.5. The molecule has 158 valence electrons. The number of nitrogens with one attached hydrogen (secondary N) is 1. The molecule has 1 saturated heterocycles. The third-order valence-electron chi connectivity index (χ3n) is 5.77. The summed E-state index contributed by atoms with van der Waals surface area (Å²) >= 11 is 1.65. The number of likely N-dealkylation sites (tertiary alicyclic amines) is 1. The van der Waals surface area contributed by atoms with Crippen LogP contribution in [0.2, 0.25) is 0 Å². The van der Waals surface area contributed by atoms with E-state index in [0.717, 1.165) is 29.0 Å². The lowest BCUT2D eigenvalue weighted by Gasteiger charge is -2.31. The summed E-state index contributed by atoms with van der Waals surface area (Å²) in [6, 6.07) is 7.87. The standard InChI is InChI=1S/C21H23F2N5OS/c1-13-11-16(30-17(13)12-27-9-7-21(22,23)8-10-27)15-3-2-4-18-24-20(26-28(15)18)25-19(29)14-5-6-14/h2-4,11,14H,5-10,12H2,1H3,(H,25,26,29). The number of fused-ring (bicyclic) bond motifs is 1. The number of nitrogens with zero attached hydrogens (tertiary/aromatic N) is 4. The number of alkyl halides is 2. The number of amides is 1. The van der Waals surface area contributed by atoms with Crippen molar-refractivity contribution < 1.29 is 13.6 Å². The highest BCUT2D eigenvalue weighted by molar-refractivity contribution is 7.15. The SMILES string of the molecule is Cc1cc(-c2cccc3nc(NC(=O)C4CC4)nn23)sc1CN1CCC(F)(F)CC1. The Balaban J connectivity index is 1.38. The minimum atomic E-state index is -2.53. The number of halogens is 2. The van der Waals surface area contributed by atoms with Gasteiger partial charge in [0.25, 0.3) is 5.92 Å². The first-order valence-electron chi connectivity index (χ1n) is 10.2. The number of thiophene rings is 1. The van der Waals surface area contributed by atoms with E-state index in [1.165, 1.54) is 4.88 Å². The number of anilines is 1. The van der Waals surface area contributed by atoms with Gasteiger partial charge in [0.1, 0.15) is 0 Å². The second-order valence-electron chi connectivity index (χ2n) is 8.23.